The van der Waals surface area contributed by atoms with E-state index in [4.69, 9.17) is 0 Å². The monoisotopic (exact) mass is 329 g/mol. The Kier molecular flexibility index (Phi) is 6.85. The number of aryl methyl sites for hydroxylation is 1. The number of aliphatic hydroxyl groups excluding tert-OH is 1. The van der Waals surface area contributed by atoms with Crippen LogP contribution in [0.2, 0.25) is 0 Å². The van der Waals surface area contributed by atoms with E-state index in [1.165, 1.54) is 36.9 Å². The quantitative estimate of drug-likeness (QED) is 0.838. The van der Waals surface area contributed by atoms with Crippen molar-refractivity contribution in [3.05, 3.63) is 35.7 Å². The molecule has 2 aromatic rings. The minimum Gasteiger partial charge on any atom is -0.392 e. The van der Waals surface area contributed by atoms with Gasteiger partial charge in [-0.15, -0.1) is 0 Å². The Morgan fingerprint density at radius 2 is 1.83 bits per heavy atom. The largest absolute Gasteiger partial charge is 0.392 e. The van der Waals surface area contributed by atoms with Gasteiger partial charge in [0.25, 0.3) is 0 Å². The maximum Gasteiger partial charge on any atom is 0.0691 e. The molecule has 1 aromatic heterocycles. The first kappa shape index (κ1) is 18.5. The Morgan fingerprint density at radius 1 is 1.12 bits per heavy atom. The molecule has 1 N–H and O–H groups in total. The highest BCUT2D eigenvalue weighted by atomic mass is 16.3. The Hall–Kier alpha value is -1.81. The van der Waals surface area contributed by atoms with Crippen molar-refractivity contribution in [2.24, 2.45) is 7.05 Å². The number of anilines is 1. The van der Waals surface area contributed by atoms with Gasteiger partial charge in [-0.05, 0) is 29.2 Å². The third-order valence-corrected chi connectivity index (χ3v) is 4.65. The van der Waals surface area contributed by atoms with Crippen molar-refractivity contribution in [1.29, 1.82) is 0 Å². The second-order valence-electron chi connectivity index (χ2n) is 6.53. The van der Waals surface area contributed by atoms with Gasteiger partial charge in [0.15, 0.2) is 0 Å². The van der Waals surface area contributed by atoms with Gasteiger partial charge in [0.2, 0.25) is 0 Å². The van der Waals surface area contributed by atoms with Crippen LogP contribution in [0.25, 0.3) is 11.1 Å². The van der Waals surface area contributed by atoms with Crippen LogP contribution in [-0.2, 0) is 20.1 Å². The van der Waals surface area contributed by atoms with Crippen LogP contribution in [0.15, 0.2) is 24.5 Å². The Morgan fingerprint density at radius 3 is 2.38 bits per heavy atom. The molecular formula is C20H31N3O. The fourth-order valence-corrected chi connectivity index (χ4v) is 3.23. The molecule has 132 valence electrons. The zero-order chi connectivity index (χ0) is 17.5. The molecular weight excluding hydrogens is 298 g/mol. The molecule has 1 aliphatic heterocycles. The van der Waals surface area contributed by atoms with Gasteiger partial charge in [-0.25, -0.2) is 0 Å². The number of benzene rings is 1. The van der Waals surface area contributed by atoms with Gasteiger partial charge in [-0.3, -0.25) is 4.68 Å². The maximum atomic E-state index is 9.69. The third-order valence-electron chi connectivity index (χ3n) is 4.65. The van der Waals surface area contributed by atoms with Crippen LogP contribution < -0.4 is 4.90 Å². The van der Waals surface area contributed by atoms with E-state index in [1.54, 1.807) is 4.68 Å². The highest BCUT2D eigenvalue weighted by Gasteiger charge is 2.21. The number of nitrogens with zero attached hydrogens (tertiary/aromatic N) is 3. The van der Waals surface area contributed by atoms with Crippen molar-refractivity contribution in [2.75, 3.05) is 18.5 Å². The zero-order valence-electron chi connectivity index (χ0n) is 15.5. The Balaban J connectivity index is 0.000000301. The lowest BCUT2D eigenvalue weighted by atomic mass is 9.96. The molecule has 4 nitrogen and oxygen atoms in total. The summed E-state index contributed by atoms with van der Waals surface area (Å²) in [6.07, 6.45) is 10.4. The molecule has 1 aliphatic rings. The van der Waals surface area contributed by atoms with E-state index in [-0.39, 0.29) is 6.61 Å². The van der Waals surface area contributed by atoms with Crippen LogP contribution in [0.5, 0.6) is 0 Å². The summed E-state index contributed by atoms with van der Waals surface area (Å²) >= 11 is 0. The fraction of sp³-hybridized carbons (Fsp3) is 0.550. The number of likely N-dealkylation sites (N-methyl/N-ethyl adjacent to an activating group) is 1. The molecule has 4 heteroatoms. The molecule has 0 atom stereocenters. The molecule has 2 heterocycles. The van der Waals surface area contributed by atoms with E-state index in [0.717, 1.165) is 29.7 Å². The van der Waals surface area contributed by atoms with Gasteiger partial charge >= 0.3 is 0 Å². The topological polar surface area (TPSA) is 41.3 Å². The zero-order valence-corrected chi connectivity index (χ0v) is 15.5. The lowest BCUT2D eigenvalue weighted by Gasteiger charge is -2.15. The standard InChI is InChI=1S/C14H17N3O.C6H14/c1-16-6-5-12-13(9-18)11(3-4-14(12)16)10-7-15-17(2)8-10;1-3-5-6-4-2/h3-4,7-8,18H,5-6,9H2,1-2H3;3-6H2,1-2H3. The summed E-state index contributed by atoms with van der Waals surface area (Å²) in [6.45, 7) is 5.57. The molecule has 0 aliphatic carbocycles. The minimum absolute atomic E-state index is 0.0846. The van der Waals surface area contributed by atoms with Crippen molar-refractivity contribution in [1.82, 2.24) is 9.78 Å². The van der Waals surface area contributed by atoms with Crippen molar-refractivity contribution in [3.63, 3.8) is 0 Å². The van der Waals surface area contributed by atoms with Crippen LogP contribution in [0.1, 0.15) is 50.7 Å². The predicted octanol–water partition coefficient (Wildman–Crippen LogP) is 4.16. The first-order valence-corrected chi connectivity index (χ1v) is 9.08. The third kappa shape index (κ3) is 4.18. The fourth-order valence-electron chi connectivity index (χ4n) is 3.23. The summed E-state index contributed by atoms with van der Waals surface area (Å²) in [5, 5.41) is 13.9. The summed E-state index contributed by atoms with van der Waals surface area (Å²) < 4.78 is 1.79. The molecule has 0 saturated carbocycles. The number of fused-ring (bicyclic) bond motifs is 1. The molecule has 0 fully saturated rings. The number of rotatable bonds is 5. The number of unbranched alkanes of at least 4 members (excludes halogenated alkanes) is 3. The van der Waals surface area contributed by atoms with E-state index >= 15 is 0 Å². The number of hydrogen-bond acceptors (Lipinski definition) is 3. The summed E-state index contributed by atoms with van der Waals surface area (Å²) in [5.41, 5.74) is 5.73. The molecule has 3 rings (SSSR count). The molecule has 1 aromatic carbocycles. The first-order chi connectivity index (χ1) is 11.6. The maximum absolute atomic E-state index is 9.69. The van der Waals surface area contributed by atoms with E-state index in [1.807, 2.05) is 19.4 Å². The van der Waals surface area contributed by atoms with E-state index in [9.17, 15) is 5.11 Å². The lowest BCUT2D eigenvalue weighted by Crippen LogP contribution is -2.12. The van der Waals surface area contributed by atoms with Crippen molar-refractivity contribution < 1.29 is 5.11 Å². The molecule has 0 amide bonds. The van der Waals surface area contributed by atoms with Gasteiger partial charge in [0.1, 0.15) is 0 Å². The van der Waals surface area contributed by atoms with Gasteiger partial charge in [-0.2, -0.15) is 5.10 Å². The van der Waals surface area contributed by atoms with Gasteiger partial charge in [0, 0.05) is 38.1 Å². The summed E-state index contributed by atoms with van der Waals surface area (Å²) in [6, 6.07) is 4.23. The average molecular weight is 329 g/mol. The first-order valence-electron chi connectivity index (χ1n) is 9.08. The van der Waals surface area contributed by atoms with Crippen LogP contribution in [0, 0.1) is 0 Å². The summed E-state index contributed by atoms with van der Waals surface area (Å²) in [5.74, 6) is 0. The second kappa shape index (κ2) is 8.88. The number of aromatic nitrogens is 2. The van der Waals surface area contributed by atoms with Gasteiger partial charge in [-0.1, -0.05) is 45.6 Å². The van der Waals surface area contributed by atoms with Crippen LogP contribution in [-0.4, -0.2) is 28.5 Å². The van der Waals surface area contributed by atoms with Crippen molar-refractivity contribution >= 4 is 5.69 Å². The highest BCUT2D eigenvalue weighted by Crippen LogP contribution is 2.35. The molecule has 0 saturated heterocycles. The molecule has 0 spiro atoms. The number of aliphatic hydroxyl groups is 1. The van der Waals surface area contributed by atoms with Gasteiger partial charge in [0.05, 0.1) is 12.8 Å². The predicted molar refractivity (Wildman–Crippen MR) is 101 cm³/mol. The number of hydrogen-bond donors (Lipinski definition) is 1. The minimum atomic E-state index is 0.0846. The summed E-state index contributed by atoms with van der Waals surface area (Å²) in [4.78, 5) is 2.24. The van der Waals surface area contributed by atoms with E-state index in [2.05, 4.69) is 43.0 Å². The van der Waals surface area contributed by atoms with Gasteiger partial charge < -0.3 is 10.0 Å². The molecule has 24 heavy (non-hydrogen) atoms. The molecule has 0 radical (unpaired) electrons. The Labute approximate surface area is 146 Å². The molecule has 0 unspecified atom stereocenters. The summed E-state index contributed by atoms with van der Waals surface area (Å²) in [7, 11) is 4.00. The SMILES string of the molecule is CCCCCC.CN1CCc2c1ccc(-c1cnn(C)c1)c2CO. The van der Waals surface area contributed by atoms with Crippen LogP contribution >= 0.6 is 0 Å². The van der Waals surface area contributed by atoms with E-state index in [0.29, 0.717) is 0 Å². The Bertz CT molecular complexity index is 644. The van der Waals surface area contributed by atoms with Crippen molar-refractivity contribution in [3.8, 4) is 11.1 Å². The molecule has 0 bridgehead atoms. The van der Waals surface area contributed by atoms with E-state index < -0.39 is 0 Å². The highest BCUT2D eigenvalue weighted by molar-refractivity contribution is 5.74. The van der Waals surface area contributed by atoms with Crippen LogP contribution in [0.3, 0.4) is 0 Å². The lowest BCUT2D eigenvalue weighted by molar-refractivity contribution is 0.281. The van der Waals surface area contributed by atoms with Crippen molar-refractivity contribution in [2.45, 2.75) is 52.6 Å². The second-order valence-corrected chi connectivity index (χ2v) is 6.53. The van der Waals surface area contributed by atoms with Crippen LogP contribution in [0.4, 0.5) is 5.69 Å². The smallest absolute Gasteiger partial charge is 0.0691 e. The normalized spacial score (nSPS) is 12.8. The average Bonchev–Trinajstić information content (AvgIpc) is 3.19.